The molecule has 0 radical (unpaired) electrons. The second-order valence-corrected chi connectivity index (χ2v) is 16.3. The van der Waals surface area contributed by atoms with Gasteiger partial charge in [-0.15, -0.1) is 0 Å². The predicted octanol–water partition coefficient (Wildman–Crippen LogP) is 6.95. The topological polar surface area (TPSA) is 76.6 Å². The van der Waals surface area contributed by atoms with Gasteiger partial charge in [-0.1, -0.05) is 30.3 Å². The summed E-state index contributed by atoms with van der Waals surface area (Å²) in [5.74, 6) is -0.874. The molecule has 4 fully saturated rings. The van der Waals surface area contributed by atoms with Crippen molar-refractivity contribution in [2.45, 2.75) is 108 Å². The summed E-state index contributed by atoms with van der Waals surface area (Å²) in [5, 5.41) is 0. The molecule has 4 saturated heterocycles. The van der Waals surface area contributed by atoms with E-state index < -0.39 is 58.7 Å². The Morgan fingerprint density at radius 3 is 1.91 bits per heavy atom. The predicted molar refractivity (Wildman–Crippen MR) is 193 cm³/mol. The molecule has 0 aliphatic carbocycles. The number of hydrogen-bond donors (Lipinski definition) is 0. The summed E-state index contributed by atoms with van der Waals surface area (Å²) in [6.07, 6.45) is -5.96. The van der Waals surface area contributed by atoms with E-state index in [4.69, 9.17) is 4.74 Å². The van der Waals surface area contributed by atoms with Gasteiger partial charge in [-0.25, -0.2) is 4.79 Å². The summed E-state index contributed by atoms with van der Waals surface area (Å²) in [4.78, 5) is 50.2. The number of alkyl halides is 6. The van der Waals surface area contributed by atoms with Crippen molar-refractivity contribution in [3.63, 3.8) is 0 Å². The lowest BCUT2D eigenvalue weighted by molar-refractivity contribution is -0.143. The van der Waals surface area contributed by atoms with E-state index in [9.17, 15) is 40.7 Å². The largest absolute Gasteiger partial charge is 0.444 e. The molecule has 0 N–H and O–H groups in total. The molecule has 302 valence electrons. The highest BCUT2D eigenvalue weighted by Gasteiger charge is 2.43. The van der Waals surface area contributed by atoms with Crippen molar-refractivity contribution in [3.8, 4) is 0 Å². The van der Waals surface area contributed by atoms with E-state index in [2.05, 4.69) is 9.80 Å². The van der Waals surface area contributed by atoms with Gasteiger partial charge in [0.05, 0.1) is 11.1 Å². The Morgan fingerprint density at radius 1 is 0.709 bits per heavy atom. The molecular formula is C40H51F6N5O4. The number of likely N-dealkylation sites (tertiary alicyclic amines) is 3. The lowest BCUT2D eigenvalue weighted by Gasteiger charge is -2.47. The van der Waals surface area contributed by atoms with E-state index in [1.807, 2.05) is 56.0 Å². The molecule has 4 unspecified atom stereocenters. The zero-order valence-electron chi connectivity index (χ0n) is 31.7. The SMILES string of the molecule is CC(C)(C)OC(=O)N1CCCCC1C(=O)N1CCC(N2CCN(C3CCN(C(=O)c4cc(C(F)(F)F)cc(C(F)(F)F)c4)C(Cc4ccccc4)C3)CC2)C1. The Bertz CT molecular complexity index is 1640. The maximum atomic E-state index is 13.8. The van der Waals surface area contributed by atoms with Crippen LogP contribution in [0.15, 0.2) is 48.5 Å². The quantitative estimate of drug-likeness (QED) is 0.296. The molecule has 4 atom stereocenters. The fourth-order valence-electron chi connectivity index (χ4n) is 8.60. The summed E-state index contributed by atoms with van der Waals surface area (Å²) in [7, 11) is 0. The van der Waals surface area contributed by atoms with Gasteiger partial charge in [-0.05, 0) is 89.5 Å². The van der Waals surface area contributed by atoms with Gasteiger partial charge in [0.1, 0.15) is 11.6 Å². The van der Waals surface area contributed by atoms with Gasteiger partial charge in [0.2, 0.25) is 5.91 Å². The molecular weight excluding hydrogens is 728 g/mol. The number of rotatable bonds is 6. The van der Waals surface area contributed by atoms with Crippen molar-refractivity contribution in [3.05, 3.63) is 70.8 Å². The monoisotopic (exact) mass is 779 g/mol. The molecule has 0 aromatic heterocycles. The molecule has 15 heteroatoms. The third kappa shape index (κ3) is 9.94. The van der Waals surface area contributed by atoms with Crippen LogP contribution in [-0.2, 0) is 28.3 Å². The molecule has 0 saturated carbocycles. The minimum absolute atomic E-state index is 0.0303. The van der Waals surface area contributed by atoms with E-state index in [1.54, 1.807) is 4.90 Å². The van der Waals surface area contributed by atoms with Gasteiger partial charge < -0.3 is 14.5 Å². The zero-order chi connectivity index (χ0) is 39.7. The summed E-state index contributed by atoms with van der Waals surface area (Å²) >= 11 is 0. The number of piperidine rings is 2. The highest BCUT2D eigenvalue weighted by atomic mass is 19.4. The third-order valence-corrected chi connectivity index (χ3v) is 11.4. The number of halogens is 6. The van der Waals surface area contributed by atoms with Crippen LogP contribution in [0.5, 0.6) is 0 Å². The van der Waals surface area contributed by atoms with Crippen molar-refractivity contribution in [1.29, 1.82) is 0 Å². The van der Waals surface area contributed by atoms with Crippen LogP contribution >= 0.6 is 0 Å². The molecule has 6 rings (SSSR count). The first-order valence-corrected chi connectivity index (χ1v) is 19.3. The summed E-state index contributed by atoms with van der Waals surface area (Å²) in [6, 6.07) is 9.73. The van der Waals surface area contributed by atoms with Crippen molar-refractivity contribution < 1.29 is 45.5 Å². The fraction of sp³-hybridized carbons (Fsp3) is 0.625. The Labute approximate surface area is 318 Å². The Balaban J connectivity index is 1.09. The Kier molecular flexibility index (Phi) is 12.1. The lowest BCUT2D eigenvalue weighted by atomic mass is 9.90. The van der Waals surface area contributed by atoms with E-state index in [-0.39, 0.29) is 30.6 Å². The average Bonchev–Trinajstić information content (AvgIpc) is 3.64. The van der Waals surface area contributed by atoms with Crippen LogP contribution in [0.2, 0.25) is 0 Å². The van der Waals surface area contributed by atoms with Crippen molar-refractivity contribution in [2.75, 3.05) is 52.4 Å². The first-order chi connectivity index (χ1) is 25.9. The normalized spacial score (nSPS) is 24.9. The van der Waals surface area contributed by atoms with Crippen molar-refractivity contribution in [2.24, 2.45) is 0 Å². The molecule has 0 spiro atoms. The van der Waals surface area contributed by atoms with Crippen LogP contribution in [0.25, 0.3) is 0 Å². The van der Waals surface area contributed by atoms with Gasteiger partial charge in [0.15, 0.2) is 0 Å². The maximum Gasteiger partial charge on any atom is 0.416 e. The van der Waals surface area contributed by atoms with Gasteiger partial charge in [0.25, 0.3) is 5.91 Å². The van der Waals surface area contributed by atoms with Crippen molar-refractivity contribution >= 4 is 17.9 Å². The molecule has 55 heavy (non-hydrogen) atoms. The minimum atomic E-state index is -5.06. The molecule has 4 heterocycles. The van der Waals surface area contributed by atoms with Crippen LogP contribution in [0.1, 0.15) is 86.3 Å². The minimum Gasteiger partial charge on any atom is -0.444 e. The Hall–Kier alpha value is -3.85. The second-order valence-electron chi connectivity index (χ2n) is 16.3. The number of ether oxygens (including phenoxy) is 1. The third-order valence-electron chi connectivity index (χ3n) is 11.4. The number of carbonyl (C=O) groups is 3. The maximum absolute atomic E-state index is 13.8. The molecule has 3 amide bonds. The molecule has 0 bridgehead atoms. The summed E-state index contributed by atoms with van der Waals surface area (Å²) < 4.78 is 87.6. The van der Waals surface area contributed by atoms with E-state index in [1.165, 1.54) is 4.90 Å². The zero-order valence-corrected chi connectivity index (χ0v) is 31.7. The summed E-state index contributed by atoms with van der Waals surface area (Å²) in [5.41, 5.74) is -3.39. The fourth-order valence-corrected chi connectivity index (χ4v) is 8.60. The first kappa shape index (κ1) is 40.8. The molecule has 2 aromatic rings. The number of benzene rings is 2. The molecule has 4 aliphatic heterocycles. The number of amides is 3. The van der Waals surface area contributed by atoms with Crippen LogP contribution < -0.4 is 0 Å². The van der Waals surface area contributed by atoms with E-state index >= 15 is 0 Å². The van der Waals surface area contributed by atoms with Gasteiger partial charge >= 0.3 is 18.4 Å². The van der Waals surface area contributed by atoms with Crippen molar-refractivity contribution in [1.82, 2.24) is 24.5 Å². The number of nitrogens with zero attached hydrogens (tertiary/aromatic N) is 5. The second kappa shape index (κ2) is 16.3. The average molecular weight is 780 g/mol. The highest BCUT2D eigenvalue weighted by Crippen LogP contribution is 2.37. The first-order valence-electron chi connectivity index (χ1n) is 19.3. The van der Waals surface area contributed by atoms with Crippen LogP contribution in [0.3, 0.4) is 0 Å². The molecule has 2 aromatic carbocycles. The Morgan fingerprint density at radius 2 is 1.31 bits per heavy atom. The van der Waals surface area contributed by atoms with Crippen LogP contribution in [0.4, 0.5) is 31.1 Å². The van der Waals surface area contributed by atoms with Gasteiger partial charge in [-0.3, -0.25) is 24.3 Å². The van der Waals surface area contributed by atoms with E-state index in [0.29, 0.717) is 57.5 Å². The molecule has 9 nitrogen and oxygen atoms in total. The number of carbonyl (C=O) groups excluding carboxylic acids is 3. The van der Waals surface area contributed by atoms with E-state index in [0.717, 1.165) is 51.0 Å². The molecule has 4 aliphatic rings. The standard InChI is InChI=1S/C40H51F6N5O4/c1-38(2,3)55-37(54)51-14-8-7-11-34(51)36(53)49-15-12-32(26-49)48-19-17-47(18-20-48)31-13-16-50(33(25-31)21-27-9-5-4-6-10-27)35(52)28-22-29(39(41,42)43)24-30(23-28)40(44,45)46/h4-6,9-10,22-24,31-34H,7-8,11-21,25-26H2,1-3H3. The number of piperazine rings is 1. The highest BCUT2D eigenvalue weighted by molar-refractivity contribution is 5.95. The number of hydrogen-bond acceptors (Lipinski definition) is 6. The van der Waals surface area contributed by atoms with Crippen LogP contribution in [0, 0.1) is 0 Å². The smallest absolute Gasteiger partial charge is 0.416 e. The van der Waals surface area contributed by atoms with Crippen LogP contribution in [-0.4, -0.2) is 125 Å². The lowest BCUT2D eigenvalue weighted by Crippen LogP contribution is -2.58. The van der Waals surface area contributed by atoms with Gasteiger partial charge in [-0.2, -0.15) is 26.3 Å². The van der Waals surface area contributed by atoms with Gasteiger partial charge in [0, 0.05) is 76.0 Å². The summed E-state index contributed by atoms with van der Waals surface area (Å²) in [6.45, 7) is 10.4.